The molecule has 4 rings (SSSR count). The largest absolute Gasteiger partial charge is 0.392 e. The number of aliphatic hydroxyl groups is 1. The van der Waals surface area contributed by atoms with Crippen molar-refractivity contribution in [3.8, 4) is 11.9 Å². The Morgan fingerprint density at radius 3 is 2.65 bits per heavy atom. The summed E-state index contributed by atoms with van der Waals surface area (Å²) in [5.41, 5.74) is 5.83. The predicted molar refractivity (Wildman–Crippen MR) is 120 cm³/mol. The Bertz CT molecular complexity index is 1110. The number of benzene rings is 1. The molecule has 7 heteroatoms. The molecule has 1 aliphatic heterocycles. The molecule has 0 bridgehead atoms. The van der Waals surface area contributed by atoms with E-state index >= 15 is 0 Å². The van der Waals surface area contributed by atoms with Gasteiger partial charge >= 0.3 is 0 Å². The van der Waals surface area contributed by atoms with Crippen LogP contribution in [-0.4, -0.2) is 44.0 Å². The normalized spacial score (nSPS) is 14.7. The molecular formula is C24H28N6O. The van der Waals surface area contributed by atoms with E-state index in [-0.39, 0.29) is 0 Å². The van der Waals surface area contributed by atoms with Gasteiger partial charge in [-0.2, -0.15) is 10.4 Å². The highest BCUT2D eigenvalue weighted by Gasteiger charge is 2.27. The van der Waals surface area contributed by atoms with Crippen molar-refractivity contribution in [3.05, 3.63) is 70.0 Å². The van der Waals surface area contributed by atoms with E-state index in [2.05, 4.69) is 45.7 Å². The van der Waals surface area contributed by atoms with Gasteiger partial charge in [-0.05, 0) is 44.4 Å². The van der Waals surface area contributed by atoms with Crippen LogP contribution in [0.5, 0.6) is 0 Å². The van der Waals surface area contributed by atoms with E-state index in [9.17, 15) is 10.4 Å². The lowest BCUT2D eigenvalue weighted by Gasteiger charge is -2.31. The molecule has 3 heterocycles. The molecular weight excluding hydrogens is 388 g/mol. The Balaban J connectivity index is 1.78. The zero-order valence-electron chi connectivity index (χ0n) is 18.3. The molecule has 0 saturated heterocycles. The lowest BCUT2D eigenvalue weighted by atomic mass is 9.95. The molecule has 1 aliphatic rings. The molecule has 0 radical (unpaired) electrons. The highest BCUT2D eigenvalue weighted by atomic mass is 16.3. The second-order valence-corrected chi connectivity index (χ2v) is 8.24. The number of nitrogens with one attached hydrogen (secondary N) is 1. The third kappa shape index (κ3) is 4.46. The Morgan fingerprint density at radius 2 is 2.00 bits per heavy atom. The zero-order valence-corrected chi connectivity index (χ0v) is 18.3. The lowest BCUT2D eigenvalue weighted by Crippen LogP contribution is -2.32. The first-order valence-electron chi connectivity index (χ1n) is 10.6. The minimum atomic E-state index is -0.539. The fraction of sp³-hybridized carbons (Fsp3) is 0.375. The molecule has 1 unspecified atom stereocenters. The molecule has 0 saturated carbocycles. The van der Waals surface area contributed by atoms with Gasteiger partial charge in [-0.1, -0.05) is 30.3 Å². The van der Waals surface area contributed by atoms with E-state index in [0.717, 1.165) is 47.8 Å². The van der Waals surface area contributed by atoms with Crippen LogP contribution in [0.1, 0.15) is 40.6 Å². The van der Waals surface area contributed by atoms with Gasteiger partial charge < -0.3 is 10.4 Å². The summed E-state index contributed by atoms with van der Waals surface area (Å²) in [6, 6.07) is 14.8. The second kappa shape index (κ2) is 8.88. The number of aryl methyl sites for hydroxylation is 2. The lowest BCUT2D eigenvalue weighted by molar-refractivity contribution is 0.208. The highest BCUT2D eigenvalue weighted by molar-refractivity contribution is 5.63. The fourth-order valence-corrected chi connectivity index (χ4v) is 4.16. The van der Waals surface area contributed by atoms with Crippen molar-refractivity contribution < 1.29 is 5.11 Å². The molecule has 0 spiro atoms. The van der Waals surface area contributed by atoms with Gasteiger partial charge in [0.25, 0.3) is 0 Å². The van der Waals surface area contributed by atoms with Crippen molar-refractivity contribution in [2.75, 3.05) is 18.4 Å². The smallest absolute Gasteiger partial charge is 0.160 e. The molecule has 0 aliphatic carbocycles. The van der Waals surface area contributed by atoms with Gasteiger partial charge in [-0.25, -0.2) is 9.67 Å². The Kier molecular flexibility index (Phi) is 6.03. The standard InChI is InChI=1S/C24H28N6O/c1-16-11-17(2)30(28-16)24-22-15-29(14-19-7-5-4-6-8-19)10-9-20(22)21(12-25)23(27-24)26-13-18(3)31/h4-8,11,18,31H,9-10,13-15H2,1-3H3,(H,26,27). The first-order valence-corrected chi connectivity index (χ1v) is 10.6. The third-order valence-corrected chi connectivity index (χ3v) is 5.59. The number of pyridine rings is 1. The van der Waals surface area contributed by atoms with E-state index in [1.807, 2.05) is 30.7 Å². The van der Waals surface area contributed by atoms with Gasteiger partial charge in [-0.15, -0.1) is 0 Å². The SMILES string of the molecule is Cc1cc(C)n(-c2nc(NCC(C)O)c(C#N)c3c2CN(Cc2ccccc2)CC3)n1. The number of anilines is 1. The van der Waals surface area contributed by atoms with Crippen LogP contribution in [0.15, 0.2) is 36.4 Å². The molecule has 2 N–H and O–H groups in total. The highest BCUT2D eigenvalue weighted by Crippen LogP contribution is 2.32. The number of rotatable bonds is 6. The molecule has 7 nitrogen and oxygen atoms in total. The summed E-state index contributed by atoms with van der Waals surface area (Å²) in [5, 5.41) is 27.5. The quantitative estimate of drug-likeness (QED) is 0.642. The number of nitriles is 1. The van der Waals surface area contributed by atoms with Gasteiger partial charge in [0.2, 0.25) is 0 Å². The number of hydrogen-bond donors (Lipinski definition) is 2. The van der Waals surface area contributed by atoms with Crippen molar-refractivity contribution in [2.24, 2.45) is 0 Å². The summed E-state index contributed by atoms with van der Waals surface area (Å²) >= 11 is 0. The van der Waals surface area contributed by atoms with Gasteiger partial charge in [0.15, 0.2) is 5.82 Å². The van der Waals surface area contributed by atoms with Crippen LogP contribution in [0.3, 0.4) is 0 Å². The van der Waals surface area contributed by atoms with E-state index in [0.29, 0.717) is 24.5 Å². The van der Waals surface area contributed by atoms with E-state index in [1.54, 1.807) is 6.92 Å². The first kappa shape index (κ1) is 21.0. The number of aromatic nitrogens is 3. The summed E-state index contributed by atoms with van der Waals surface area (Å²) < 4.78 is 1.87. The number of fused-ring (bicyclic) bond motifs is 1. The van der Waals surface area contributed by atoms with Crippen LogP contribution in [-0.2, 0) is 19.5 Å². The van der Waals surface area contributed by atoms with Crippen LogP contribution in [0.25, 0.3) is 5.82 Å². The van der Waals surface area contributed by atoms with Crippen LogP contribution in [0.2, 0.25) is 0 Å². The first-order chi connectivity index (χ1) is 15.0. The van der Waals surface area contributed by atoms with Crippen molar-refractivity contribution >= 4 is 5.82 Å². The topological polar surface area (TPSA) is 90.0 Å². The minimum Gasteiger partial charge on any atom is -0.392 e. The van der Waals surface area contributed by atoms with Gasteiger partial charge in [0.1, 0.15) is 11.9 Å². The van der Waals surface area contributed by atoms with Gasteiger partial charge in [0.05, 0.1) is 17.4 Å². The number of nitrogens with zero attached hydrogens (tertiary/aromatic N) is 5. The zero-order chi connectivity index (χ0) is 22.0. The van der Waals surface area contributed by atoms with Crippen LogP contribution < -0.4 is 5.32 Å². The number of hydrogen-bond acceptors (Lipinski definition) is 6. The Hall–Kier alpha value is -3.21. The molecule has 2 aromatic heterocycles. The maximum Gasteiger partial charge on any atom is 0.160 e. The molecule has 160 valence electrons. The van der Waals surface area contributed by atoms with Crippen molar-refractivity contribution in [3.63, 3.8) is 0 Å². The van der Waals surface area contributed by atoms with Gasteiger partial charge in [-0.3, -0.25) is 4.90 Å². The van der Waals surface area contributed by atoms with Crippen LogP contribution >= 0.6 is 0 Å². The molecule has 0 amide bonds. The Labute approximate surface area is 183 Å². The summed E-state index contributed by atoms with van der Waals surface area (Å²) in [5.74, 6) is 1.27. The molecule has 31 heavy (non-hydrogen) atoms. The van der Waals surface area contributed by atoms with Crippen LogP contribution in [0.4, 0.5) is 5.82 Å². The average Bonchev–Trinajstić information content (AvgIpc) is 3.09. The van der Waals surface area contributed by atoms with Crippen molar-refractivity contribution in [1.29, 1.82) is 5.26 Å². The molecule has 1 atom stereocenters. The summed E-state index contributed by atoms with van der Waals surface area (Å²) in [4.78, 5) is 7.23. The van der Waals surface area contributed by atoms with Gasteiger partial charge in [0, 0.05) is 37.4 Å². The molecule has 0 fully saturated rings. The maximum atomic E-state index is 9.93. The van der Waals surface area contributed by atoms with Crippen molar-refractivity contribution in [1.82, 2.24) is 19.7 Å². The second-order valence-electron chi connectivity index (χ2n) is 8.24. The summed E-state index contributed by atoms with van der Waals surface area (Å²) in [7, 11) is 0. The summed E-state index contributed by atoms with van der Waals surface area (Å²) in [6.45, 7) is 8.44. The summed E-state index contributed by atoms with van der Waals surface area (Å²) in [6.07, 6.45) is 0.228. The molecule has 3 aromatic rings. The average molecular weight is 417 g/mol. The third-order valence-electron chi connectivity index (χ3n) is 5.59. The Morgan fingerprint density at radius 1 is 1.23 bits per heavy atom. The van der Waals surface area contributed by atoms with E-state index in [4.69, 9.17) is 4.98 Å². The monoisotopic (exact) mass is 416 g/mol. The molecule has 1 aromatic carbocycles. The van der Waals surface area contributed by atoms with E-state index in [1.165, 1.54) is 5.56 Å². The number of aliphatic hydroxyl groups excluding tert-OH is 1. The maximum absolute atomic E-state index is 9.93. The van der Waals surface area contributed by atoms with Crippen molar-refractivity contribution in [2.45, 2.75) is 46.4 Å². The minimum absolute atomic E-state index is 0.331. The van der Waals surface area contributed by atoms with E-state index < -0.39 is 6.10 Å². The predicted octanol–water partition coefficient (Wildman–Crippen LogP) is 3.11. The van der Waals surface area contributed by atoms with Crippen LogP contribution in [0, 0.1) is 25.2 Å². The fourth-order valence-electron chi connectivity index (χ4n) is 4.16.